The van der Waals surface area contributed by atoms with Crippen LogP contribution in [0.15, 0.2) is 24.8 Å². The molecule has 0 atom stereocenters. The van der Waals surface area contributed by atoms with Gasteiger partial charge in [0.05, 0.1) is 24.2 Å². The molecular formula is C22H32F3N5O4. The quantitative estimate of drug-likeness (QED) is 0.429. The molecule has 0 radical (unpaired) electrons. The molecule has 4 N–H and O–H groups in total. The average Bonchev–Trinajstić information content (AvgIpc) is 2.79. The number of alkyl halides is 3. The highest BCUT2D eigenvalue weighted by Gasteiger charge is 2.38. The Morgan fingerprint density at radius 3 is 2.21 bits per heavy atom. The standard InChI is InChI=1S/C20H31N5O2.C2HF3O2/c1-4-20(26)22-17-13-16(21)19(27-3)14-18(17)25-7-5-15(6-8-25)24-11-9-23(2)10-12-24;3-2(4,5)1(6)7/h4,13-15H,1,5-12,21H2,2-3H3,(H,22,26);(H,6,7). The summed E-state index contributed by atoms with van der Waals surface area (Å²) < 4.78 is 37.1. The average molecular weight is 488 g/mol. The van der Waals surface area contributed by atoms with E-state index in [-0.39, 0.29) is 5.91 Å². The van der Waals surface area contributed by atoms with Crippen LogP contribution in [-0.2, 0) is 9.59 Å². The summed E-state index contributed by atoms with van der Waals surface area (Å²) in [5.41, 5.74) is 8.21. The van der Waals surface area contributed by atoms with Crippen LogP contribution in [0.4, 0.5) is 30.2 Å². The lowest BCUT2D eigenvalue weighted by atomic mass is 10.0. The fourth-order valence-electron chi connectivity index (χ4n) is 3.97. The molecule has 12 heteroatoms. The summed E-state index contributed by atoms with van der Waals surface area (Å²) >= 11 is 0. The first-order valence-electron chi connectivity index (χ1n) is 10.8. The molecule has 0 aromatic heterocycles. The molecule has 2 heterocycles. The minimum atomic E-state index is -5.08. The molecule has 2 fully saturated rings. The maximum atomic E-state index is 11.8. The number of amides is 1. The lowest BCUT2D eigenvalue weighted by Gasteiger charge is -2.43. The number of carboxylic acid groups (broad SMARTS) is 1. The Kier molecular flexibility index (Phi) is 9.56. The minimum Gasteiger partial charge on any atom is -0.495 e. The Labute approximate surface area is 196 Å². The van der Waals surface area contributed by atoms with E-state index in [0.29, 0.717) is 23.2 Å². The van der Waals surface area contributed by atoms with Crippen LogP contribution in [0.2, 0.25) is 0 Å². The largest absolute Gasteiger partial charge is 0.495 e. The van der Waals surface area contributed by atoms with Crippen LogP contribution in [0, 0.1) is 0 Å². The molecule has 1 amide bonds. The molecule has 2 aliphatic rings. The second kappa shape index (κ2) is 11.9. The van der Waals surface area contributed by atoms with Gasteiger partial charge in [-0.25, -0.2) is 4.79 Å². The number of nitrogens with one attached hydrogen (secondary N) is 1. The highest BCUT2D eigenvalue weighted by molar-refractivity contribution is 6.02. The Bertz CT molecular complexity index is 865. The number of ether oxygens (including phenoxy) is 1. The number of benzene rings is 1. The number of nitrogen functional groups attached to an aromatic ring is 1. The fraction of sp³-hybridized carbons (Fsp3) is 0.545. The van der Waals surface area contributed by atoms with Crippen molar-refractivity contribution in [1.82, 2.24) is 9.80 Å². The second-order valence-electron chi connectivity index (χ2n) is 8.17. The van der Waals surface area contributed by atoms with E-state index in [1.54, 1.807) is 13.2 Å². The number of halogens is 3. The van der Waals surface area contributed by atoms with Crippen molar-refractivity contribution in [2.45, 2.75) is 25.1 Å². The predicted octanol–water partition coefficient (Wildman–Crippen LogP) is 2.25. The van der Waals surface area contributed by atoms with Gasteiger partial charge in [-0.1, -0.05) is 6.58 Å². The normalized spacial score (nSPS) is 18.0. The van der Waals surface area contributed by atoms with Crippen LogP contribution < -0.4 is 20.7 Å². The Morgan fingerprint density at radius 2 is 1.74 bits per heavy atom. The van der Waals surface area contributed by atoms with Gasteiger partial charge < -0.3 is 30.7 Å². The summed E-state index contributed by atoms with van der Waals surface area (Å²) in [6.07, 6.45) is -1.58. The van der Waals surface area contributed by atoms with Crippen LogP contribution >= 0.6 is 0 Å². The van der Waals surface area contributed by atoms with Gasteiger partial charge in [0.2, 0.25) is 5.91 Å². The molecule has 1 aromatic rings. The number of piperazine rings is 1. The van der Waals surface area contributed by atoms with E-state index < -0.39 is 12.1 Å². The van der Waals surface area contributed by atoms with E-state index in [9.17, 15) is 18.0 Å². The van der Waals surface area contributed by atoms with Crippen molar-refractivity contribution in [3.8, 4) is 5.75 Å². The highest BCUT2D eigenvalue weighted by atomic mass is 19.4. The van der Waals surface area contributed by atoms with Crippen LogP contribution in [0.25, 0.3) is 0 Å². The molecule has 2 aliphatic heterocycles. The number of rotatable bonds is 5. The molecule has 9 nitrogen and oxygen atoms in total. The summed E-state index contributed by atoms with van der Waals surface area (Å²) in [5.74, 6) is -2.37. The van der Waals surface area contributed by atoms with Crippen molar-refractivity contribution in [3.05, 3.63) is 24.8 Å². The molecule has 0 unspecified atom stereocenters. The highest BCUT2D eigenvalue weighted by Crippen LogP contribution is 2.37. The number of anilines is 3. The molecule has 0 spiro atoms. The third-order valence-corrected chi connectivity index (χ3v) is 5.89. The number of carboxylic acids is 1. The number of piperidine rings is 1. The lowest BCUT2D eigenvalue weighted by molar-refractivity contribution is -0.192. The number of nitrogens with zero attached hydrogens (tertiary/aromatic N) is 3. The van der Waals surface area contributed by atoms with Gasteiger partial charge in [0.1, 0.15) is 5.75 Å². The van der Waals surface area contributed by atoms with Crippen molar-refractivity contribution >= 4 is 28.9 Å². The van der Waals surface area contributed by atoms with Gasteiger partial charge in [0.25, 0.3) is 0 Å². The van der Waals surface area contributed by atoms with Crippen molar-refractivity contribution in [3.63, 3.8) is 0 Å². The van der Waals surface area contributed by atoms with Crippen molar-refractivity contribution in [1.29, 1.82) is 0 Å². The number of methoxy groups -OCH3 is 1. The smallest absolute Gasteiger partial charge is 0.490 e. The van der Waals surface area contributed by atoms with Crippen LogP contribution in [0.5, 0.6) is 5.75 Å². The Morgan fingerprint density at radius 1 is 1.18 bits per heavy atom. The first-order chi connectivity index (χ1) is 16.0. The summed E-state index contributed by atoms with van der Waals surface area (Å²) in [6, 6.07) is 4.32. The maximum Gasteiger partial charge on any atom is 0.490 e. The van der Waals surface area contributed by atoms with Crippen molar-refractivity contribution in [2.75, 3.05) is 69.4 Å². The summed E-state index contributed by atoms with van der Waals surface area (Å²) in [6.45, 7) is 10.0. The summed E-state index contributed by atoms with van der Waals surface area (Å²) in [5, 5.41) is 10.0. The first-order valence-corrected chi connectivity index (χ1v) is 10.8. The second-order valence-corrected chi connectivity index (χ2v) is 8.17. The van der Waals surface area contributed by atoms with Gasteiger partial charge >= 0.3 is 12.1 Å². The number of likely N-dealkylation sites (N-methyl/N-ethyl adjacent to an activating group) is 1. The van der Waals surface area contributed by atoms with E-state index in [0.717, 1.165) is 57.8 Å². The fourth-order valence-corrected chi connectivity index (χ4v) is 3.97. The van der Waals surface area contributed by atoms with Crippen molar-refractivity contribution in [2.24, 2.45) is 0 Å². The van der Waals surface area contributed by atoms with Crippen LogP contribution in [0.3, 0.4) is 0 Å². The third-order valence-electron chi connectivity index (χ3n) is 5.89. The molecule has 0 saturated carbocycles. The predicted molar refractivity (Wildman–Crippen MR) is 124 cm³/mol. The van der Waals surface area contributed by atoms with Gasteiger partial charge in [-0.05, 0) is 32.0 Å². The molecule has 0 bridgehead atoms. The first kappa shape index (κ1) is 27.3. The van der Waals surface area contributed by atoms with E-state index >= 15 is 0 Å². The zero-order chi connectivity index (χ0) is 25.5. The molecule has 190 valence electrons. The number of aliphatic carboxylic acids is 1. The van der Waals surface area contributed by atoms with Crippen LogP contribution in [-0.4, -0.2) is 92.4 Å². The third kappa shape index (κ3) is 7.52. The molecular weight excluding hydrogens is 455 g/mol. The number of nitrogens with two attached hydrogens (primary N) is 1. The summed E-state index contributed by atoms with van der Waals surface area (Å²) in [4.78, 5) is 28.1. The molecule has 1 aromatic carbocycles. The van der Waals surface area contributed by atoms with Gasteiger partial charge in [-0.3, -0.25) is 9.69 Å². The summed E-state index contributed by atoms with van der Waals surface area (Å²) in [7, 11) is 3.80. The van der Waals surface area contributed by atoms with Gasteiger partial charge in [-0.15, -0.1) is 0 Å². The number of carbonyl (C=O) groups excluding carboxylic acids is 1. The minimum absolute atomic E-state index is 0.242. The number of carbonyl (C=O) groups is 2. The lowest BCUT2D eigenvalue weighted by Crippen LogP contribution is -2.52. The van der Waals surface area contributed by atoms with Gasteiger partial charge in [0.15, 0.2) is 0 Å². The number of hydrogen-bond donors (Lipinski definition) is 3. The van der Waals surface area contributed by atoms with Crippen LogP contribution in [0.1, 0.15) is 12.8 Å². The zero-order valence-electron chi connectivity index (χ0n) is 19.4. The van der Waals surface area contributed by atoms with E-state index in [1.165, 1.54) is 6.08 Å². The Hall–Kier alpha value is -2.99. The maximum absolute atomic E-state index is 11.8. The van der Waals surface area contributed by atoms with E-state index in [4.69, 9.17) is 20.4 Å². The monoisotopic (exact) mass is 487 g/mol. The number of hydrogen-bond acceptors (Lipinski definition) is 7. The van der Waals surface area contributed by atoms with Crippen molar-refractivity contribution < 1.29 is 32.6 Å². The topological polar surface area (TPSA) is 111 Å². The van der Waals surface area contributed by atoms with E-state index in [2.05, 4.69) is 33.6 Å². The molecule has 0 aliphatic carbocycles. The molecule has 2 saturated heterocycles. The Balaban J connectivity index is 0.000000509. The van der Waals surface area contributed by atoms with Gasteiger partial charge in [-0.2, -0.15) is 13.2 Å². The molecule has 3 rings (SSSR count). The van der Waals surface area contributed by atoms with E-state index in [1.807, 2.05) is 6.07 Å². The zero-order valence-corrected chi connectivity index (χ0v) is 19.4. The van der Waals surface area contributed by atoms with Gasteiger partial charge in [0, 0.05) is 51.4 Å². The SMILES string of the molecule is C=CC(=O)Nc1cc(N)c(OC)cc1N1CCC(N2CCN(C)CC2)CC1.O=C(O)C(F)(F)F. The molecule has 34 heavy (non-hydrogen) atoms.